The van der Waals surface area contributed by atoms with Crippen LogP contribution in [0.1, 0.15) is 31.7 Å². The second kappa shape index (κ2) is 8.65. The van der Waals surface area contributed by atoms with Gasteiger partial charge in [-0.1, -0.05) is 25.1 Å². The van der Waals surface area contributed by atoms with Gasteiger partial charge in [-0.3, -0.25) is 9.59 Å². The Kier molecular flexibility index (Phi) is 6.04. The van der Waals surface area contributed by atoms with Crippen LogP contribution in [-0.2, 0) is 16.0 Å². The third-order valence-electron chi connectivity index (χ3n) is 4.71. The normalized spacial score (nSPS) is 17.1. The molecule has 1 saturated heterocycles. The van der Waals surface area contributed by atoms with Gasteiger partial charge in [0.05, 0.1) is 24.2 Å². The summed E-state index contributed by atoms with van der Waals surface area (Å²) in [7, 11) is 0. The largest absolute Gasteiger partial charge is 0.356 e. The first kappa shape index (κ1) is 18.2. The third kappa shape index (κ3) is 4.50. The van der Waals surface area contributed by atoms with Gasteiger partial charge in [-0.05, 0) is 37.0 Å². The maximum atomic E-state index is 12.7. The van der Waals surface area contributed by atoms with Crippen molar-refractivity contribution in [2.75, 3.05) is 19.6 Å². The van der Waals surface area contributed by atoms with Gasteiger partial charge in [-0.25, -0.2) is 4.68 Å². The van der Waals surface area contributed by atoms with E-state index in [0.29, 0.717) is 19.5 Å². The van der Waals surface area contributed by atoms with Crippen molar-refractivity contribution in [2.24, 2.45) is 5.92 Å². The summed E-state index contributed by atoms with van der Waals surface area (Å²) in [5.74, 6) is 0.0399. The molecule has 6 nitrogen and oxygen atoms in total. The molecule has 0 spiro atoms. The minimum absolute atomic E-state index is 0.0607. The molecule has 1 fully saturated rings. The van der Waals surface area contributed by atoms with Gasteiger partial charge in [-0.2, -0.15) is 5.10 Å². The molecule has 1 atom stereocenters. The molecule has 0 saturated carbocycles. The van der Waals surface area contributed by atoms with Crippen molar-refractivity contribution in [2.45, 2.75) is 32.6 Å². The minimum Gasteiger partial charge on any atom is -0.356 e. The average molecular weight is 354 g/mol. The zero-order valence-electron chi connectivity index (χ0n) is 15.2. The molecule has 1 N–H and O–H groups in total. The van der Waals surface area contributed by atoms with E-state index in [9.17, 15) is 9.59 Å². The summed E-state index contributed by atoms with van der Waals surface area (Å²) in [5.41, 5.74) is 1.85. The van der Waals surface area contributed by atoms with Gasteiger partial charge in [0.25, 0.3) is 0 Å². The zero-order chi connectivity index (χ0) is 18.4. The highest BCUT2D eigenvalue weighted by atomic mass is 16.2. The maximum Gasteiger partial charge on any atom is 0.227 e. The van der Waals surface area contributed by atoms with E-state index in [1.165, 1.54) is 0 Å². The second-order valence-electron chi connectivity index (χ2n) is 6.78. The number of carbonyl (C=O) groups is 2. The molecule has 0 bridgehead atoms. The fourth-order valence-corrected chi connectivity index (χ4v) is 3.27. The highest BCUT2D eigenvalue weighted by Crippen LogP contribution is 2.18. The Morgan fingerprint density at radius 1 is 1.27 bits per heavy atom. The van der Waals surface area contributed by atoms with Gasteiger partial charge in [0.1, 0.15) is 0 Å². The topological polar surface area (TPSA) is 67.2 Å². The lowest BCUT2D eigenvalue weighted by atomic mass is 9.96. The number of likely N-dealkylation sites (tertiary alicyclic amines) is 1. The molecule has 1 aliphatic rings. The Morgan fingerprint density at radius 2 is 2.08 bits per heavy atom. The fraction of sp³-hybridized carbons (Fsp3) is 0.450. The van der Waals surface area contributed by atoms with E-state index in [1.54, 1.807) is 10.9 Å². The monoisotopic (exact) mass is 354 g/mol. The van der Waals surface area contributed by atoms with Crippen molar-refractivity contribution in [3.8, 4) is 5.69 Å². The first-order chi connectivity index (χ1) is 12.7. The van der Waals surface area contributed by atoms with Crippen LogP contribution in [0.4, 0.5) is 0 Å². The summed E-state index contributed by atoms with van der Waals surface area (Å²) in [6, 6.07) is 9.82. The smallest absolute Gasteiger partial charge is 0.227 e. The average Bonchev–Trinajstić information content (AvgIpc) is 3.15. The summed E-state index contributed by atoms with van der Waals surface area (Å²) in [5, 5.41) is 7.29. The summed E-state index contributed by atoms with van der Waals surface area (Å²) >= 11 is 0. The first-order valence-electron chi connectivity index (χ1n) is 9.32. The van der Waals surface area contributed by atoms with E-state index in [1.807, 2.05) is 48.4 Å². The fourth-order valence-electron chi connectivity index (χ4n) is 3.27. The minimum atomic E-state index is -0.0914. The molecule has 6 heteroatoms. The predicted octanol–water partition coefficient (Wildman–Crippen LogP) is 2.18. The Morgan fingerprint density at radius 3 is 2.85 bits per heavy atom. The van der Waals surface area contributed by atoms with Gasteiger partial charge in [0, 0.05) is 25.8 Å². The number of carbonyl (C=O) groups excluding carboxylic acids is 2. The van der Waals surface area contributed by atoms with Crippen molar-refractivity contribution in [1.82, 2.24) is 20.0 Å². The van der Waals surface area contributed by atoms with Crippen LogP contribution in [0.5, 0.6) is 0 Å². The number of nitrogens with zero attached hydrogens (tertiary/aromatic N) is 3. The number of para-hydroxylation sites is 1. The zero-order valence-corrected chi connectivity index (χ0v) is 15.2. The molecule has 1 unspecified atom stereocenters. The number of piperidine rings is 1. The van der Waals surface area contributed by atoms with Crippen molar-refractivity contribution < 1.29 is 9.59 Å². The Labute approximate surface area is 154 Å². The van der Waals surface area contributed by atoms with Gasteiger partial charge in [-0.15, -0.1) is 0 Å². The molecule has 3 rings (SSSR count). The third-order valence-corrected chi connectivity index (χ3v) is 4.71. The molecular weight excluding hydrogens is 328 g/mol. The lowest BCUT2D eigenvalue weighted by molar-refractivity contribution is -0.135. The van der Waals surface area contributed by atoms with Crippen molar-refractivity contribution >= 4 is 11.8 Å². The van der Waals surface area contributed by atoms with E-state index >= 15 is 0 Å². The van der Waals surface area contributed by atoms with E-state index in [0.717, 1.165) is 37.1 Å². The van der Waals surface area contributed by atoms with Crippen LogP contribution in [0.15, 0.2) is 42.7 Å². The molecule has 1 aliphatic heterocycles. The number of benzene rings is 1. The molecule has 2 amide bonds. The van der Waals surface area contributed by atoms with Crippen LogP contribution in [0.25, 0.3) is 5.69 Å². The number of hydrogen-bond donors (Lipinski definition) is 1. The SMILES string of the molecule is CCCNC(=O)C1CCCN(C(=O)Cc2cnn(-c3ccccc3)c2)C1. The van der Waals surface area contributed by atoms with Crippen molar-refractivity contribution in [3.05, 3.63) is 48.3 Å². The van der Waals surface area contributed by atoms with Crippen molar-refractivity contribution in [1.29, 1.82) is 0 Å². The predicted molar refractivity (Wildman–Crippen MR) is 99.9 cm³/mol. The van der Waals surface area contributed by atoms with E-state index in [-0.39, 0.29) is 17.7 Å². The number of amides is 2. The molecule has 2 aromatic rings. The highest BCUT2D eigenvalue weighted by molar-refractivity contribution is 5.82. The van der Waals surface area contributed by atoms with Crippen LogP contribution in [0.3, 0.4) is 0 Å². The van der Waals surface area contributed by atoms with Crippen LogP contribution in [0.2, 0.25) is 0 Å². The van der Waals surface area contributed by atoms with Gasteiger partial charge < -0.3 is 10.2 Å². The van der Waals surface area contributed by atoms with Crippen LogP contribution in [-0.4, -0.2) is 46.1 Å². The first-order valence-corrected chi connectivity index (χ1v) is 9.32. The molecular formula is C20H26N4O2. The van der Waals surface area contributed by atoms with Crippen LogP contribution < -0.4 is 5.32 Å². The summed E-state index contributed by atoms with van der Waals surface area (Å²) < 4.78 is 1.78. The lowest BCUT2D eigenvalue weighted by Gasteiger charge is -2.32. The van der Waals surface area contributed by atoms with E-state index in [4.69, 9.17) is 0 Å². The lowest BCUT2D eigenvalue weighted by Crippen LogP contribution is -2.46. The molecule has 138 valence electrons. The van der Waals surface area contributed by atoms with Crippen molar-refractivity contribution in [3.63, 3.8) is 0 Å². The number of rotatable bonds is 6. The Hall–Kier alpha value is -2.63. The number of hydrogen-bond acceptors (Lipinski definition) is 3. The number of nitrogens with one attached hydrogen (secondary N) is 1. The summed E-state index contributed by atoms with van der Waals surface area (Å²) in [4.78, 5) is 26.7. The molecule has 26 heavy (non-hydrogen) atoms. The van der Waals surface area contributed by atoms with Gasteiger partial charge in [0.15, 0.2) is 0 Å². The second-order valence-corrected chi connectivity index (χ2v) is 6.78. The molecule has 1 aromatic heterocycles. The van der Waals surface area contributed by atoms with E-state index < -0.39 is 0 Å². The van der Waals surface area contributed by atoms with Gasteiger partial charge >= 0.3 is 0 Å². The summed E-state index contributed by atoms with van der Waals surface area (Å²) in [6.07, 6.45) is 6.59. The molecule has 0 radical (unpaired) electrons. The van der Waals surface area contributed by atoms with Crippen LogP contribution in [0, 0.1) is 5.92 Å². The molecule has 1 aromatic carbocycles. The maximum absolute atomic E-state index is 12.7. The number of aromatic nitrogens is 2. The summed E-state index contributed by atoms with van der Waals surface area (Å²) in [6.45, 7) is 3.97. The van der Waals surface area contributed by atoms with Gasteiger partial charge in [0.2, 0.25) is 11.8 Å². The van der Waals surface area contributed by atoms with E-state index in [2.05, 4.69) is 10.4 Å². The van der Waals surface area contributed by atoms with Crippen LogP contribution >= 0.6 is 0 Å². The molecule has 0 aliphatic carbocycles. The highest BCUT2D eigenvalue weighted by Gasteiger charge is 2.28. The quantitative estimate of drug-likeness (QED) is 0.865. The molecule has 2 heterocycles. The Balaban J connectivity index is 1.58. The standard InChI is InChI=1S/C20H26N4O2/c1-2-10-21-20(26)17-7-6-11-23(15-17)19(25)12-16-13-22-24(14-16)18-8-4-3-5-9-18/h3-5,8-9,13-14,17H,2,6-7,10-12,15H2,1H3,(H,21,26). The Bertz CT molecular complexity index is 741.